The summed E-state index contributed by atoms with van der Waals surface area (Å²) in [6, 6.07) is 0.578. The number of thiazole rings is 2. The molecule has 0 saturated carbocycles. The summed E-state index contributed by atoms with van der Waals surface area (Å²) in [6.45, 7) is 6.42. The first-order chi connectivity index (χ1) is 9.63. The first-order valence-electron chi connectivity index (χ1n) is 7.30. The highest BCUT2D eigenvalue weighted by Gasteiger charge is 2.24. The fourth-order valence-electron chi connectivity index (χ4n) is 2.58. The molecule has 2 aromatic rings. The second-order valence-electron chi connectivity index (χ2n) is 5.71. The van der Waals surface area contributed by atoms with Gasteiger partial charge < -0.3 is 5.32 Å². The number of hydrogen-bond donors (Lipinski definition) is 1. The molecule has 108 valence electrons. The average Bonchev–Trinajstić information content (AvgIpc) is 3.01. The second kappa shape index (κ2) is 5.92. The number of fused-ring (bicyclic) bond motifs is 1. The lowest BCUT2D eigenvalue weighted by atomic mass is 10.0. The number of aromatic nitrogens is 2. The van der Waals surface area contributed by atoms with Crippen molar-refractivity contribution in [2.24, 2.45) is 0 Å². The third-order valence-corrected chi connectivity index (χ3v) is 5.74. The Hall–Kier alpha value is -0.780. The zero-order valence-corrected chi connectivity index (χ0v) is 13.9. The molecule has 0 amide bonds. The van der Waals surface area contributed by atoms with Gasteiger partial charge in [0.25, 0.3) is 0 Å². The quantitative estimate of drug-likeness (QED) is 0.931. The van der Waals surface area contributed by atoms with E-state index in [9.17, 15) is 0 Å². The number of aryl methyl sites for hydroxylation is 3. The minimum Gasteiger partial charge on any atom is -0.300 e. The van der Waals surface area contributed by atoms with Crippen molar-refractivity contribution >= 4 is 22.7 Å². The van der Waals surface area contributed by atoms with Crippen molar-refractivity contribution in [3.05, 3.63) is 31.7 Å². The maximum absolute atomic E-state index is 4.91. The van der Waals surface area contributed by atoms with Crippen LogP contribution in [0, 0.1) is 6.92 Å². The Morgan fingerprint density at radius 3 is 2.60 bits per heavy atom. The molecule has 1 aliphatic carbocycles. The van der Waals surface area contributed by atoms with Gasteiger partial charge in [0.2, 0.25) is 0 Å². The lowest BCUT2D eigenvalue weighted by Crippen LogP contribution is -2.28. The van der Waals surface area contributed by atoms with Crippen LogP contribution in [0.5, 0.6) is 0 Å². The molecule has 2 aromatic heterocycles. The summed E-state index contributed by atoms with van der Waals surface area (Å²) in [5, 5.41) is 8.09. The molecule has 1 N–H and O–H groups in total. The van der Waals surface area contributed by atoms with Crippen molar-refractivity contribution in [3.8, 4) is 0 Å². The molecule has 2 heterocycles. The lowest BCUT2D eigenvalue weighted by molar-refractivity contribution is 0.523. The Kier molecular flexibility index (Phi) is 4.19. The molecule has 5 heteroatoms. The highest BCUT2D eigenvalue weighted by atomic mass is 32.1. The highest BCUT2D eigenvalue weighted by Crippen LogP contribution is 2.33. The SMILES string of the molecule is Cc1csc(C(NC(C)C)c2nc3c(s2)CCCC3)n1. The third kappa shape index (κ3) is 2.95. The molecule has 0 aromatic carbocycles. The van der Waals surface area contributed by atoms with Gasteiger partial charge in [0.1, 0.15) is 16.1 Å². The first kappa shape index (κ1) is 14.2. The molecule has 0 fully saturated rings. The van der Waals surface area contributed by atoms with E-state index in [1.807, 2.05) is 11.3 Å². The minimum absolute atomic E-state index is 0.157. The van der Waals surface area contributed by atoms with Gasteiger partial charge in [-0.15, -0.1) is 22.7 Å². The van der Waals surface area contributed by atoms with E-state index >= 15 is 0 Å². The summed E-state index contributed by atoms with van der Waals surface area (Å²) in [7, 11) is 0. The van der Waals surface area contributed by atoms with E-state index in [0.717, 1.165) is 17.1 Å². The number of rotatable bonds is 4. The van der Waals surface area contributed by atoms with E-state index < -0.39 is 0 Å². The summed E-state index contributed by atoms with van der Waals surface area (Å²) >= 11 is 3.62. The highest BCUT2D eigenvalue weighted by molar-refractivity contribution is 7.12. The maximum atomic E-state index is 4.91. The largest absolute Gasteiger partial charge is 0.300 e. The zero-order chi connectivity index (χ0) is 14.1. The minimum atomic E-state index is 0.157. The van der Waals surface area contributed by atoms with E-state index in [-0.39, 0.29) is 6.04 Å². The molecule has 3 nitrogen and oxygen atoms in total. The van der Waals surface area contributed by atoms with E-state index in [1.165, 1.54) is 34.8 Å². The van der Waals surface area contributed by atoms with Crippen LogP contribution in [-0.4, -0.2) is 16.0 Å². The standard InChI is InChI=1S/C15H21N3S2/c1-9(2)16-13(14-17-10(3)8-19-14)15-18-11-6-4-5-7-12(11)20-15/h8-9,13,16H,4-7H2,1-3H3. The molecule has 3 rings (SSSR count). The smallest absolute Gasteiger partial charge is 0.117 e. The molecule has 0 radical (unpaired) electrons. The molecule has 1 aliphatic rings. The van der Waals surface area contributed by atoms with Crippen LogP contribution < -0.4 is 5.32 Å². The number of hydrogen-bond acceptors (Lipinski definition) is 5. The van der Waals surface area contributed by atoms with Gasteiger partial charge in [0.15, 0.2) is 0 Å². The Labute approximate surface area is 128 Å². The fourth-order valence-corrected chi connectivity index (χ4v) is 4.73. The van der Waals surface area contributed by atoms with Gasteiger partial charge in [-0.05, 0) is 46.5 Å². The second-order valence-corrected chi connectivity index (χ2v) is 7.72. The molecule has 20 heavy (non-hydrogen) atoms. The van der Waals surface area contributed by atoms with Crippen molar-refractivity contribution in [2.45, 2.75) is 58.5 Å². The van der Waals surface area contributed by atoms with Gasteiger partial charge in [-0.25, -0.2) is 9.97 Å². The van der Waals surface area contributed by atoms with Gasteiger partial charge in [-0.2, -0.15) is 0 Å². The monoisotopic (exact) mass is 307 g/mol. The van der Waals surface area contributed by atoms with Crippen LogP contribution in [0.1, 0.15) is 59.0 Å². The maximum Gasteiger partial charge on any atom is 0.117 e. The van der Waals surface area contributed by atoms with E-state index in [4.69, 9.17) is 4.98 Å². The van der Waals surface area contributed by atoms with E-state index in [2.05, 4.69) is 36.5 Å². The van der Waals surface area contributed by atoms with Crippen molar-refractivity contribution in [1.82, 2.24) is 15.3 Å². The van der Waals surface area contributed by atoms with Crippen LogP contribution in [0.25, 0.3) is 0 Å². The van der Waals surface area contributed by atoms with Crippen LogP contribution in [0.3, 0.4) is 0 Å². The van der Waals surface area contributed by atoms with Crippen molar-refractivity contribution in [2.75, 3.05) is 0 Å². The van der Waals surface area contributed by atoms with Crippen LogP contribution in [-0.2, 0) is 12.8 Å². The summed E-state index contributed by atoms with van der Waals surface area (Å²) in [5.41, 5.74) is 2.43. The molecule has 1 atom stereocenters. The molecular weight excluding hydrogens is 286 g/mol. The van der Waals surface area contributed by atoms with Crippen molar-refractivity contribution in [1.29, 1.82) is 0 Å². The van der Waals surface area contributed by atoms with Gasteiger partial charge in [0, 0.05) is 22.0 Å². The van der Waals surface area contributed by atoms with Crippen LogP contribution >= 0.6 is 22.7 Å². The van der Waals surface area contributed by atoms with Gasteiger partial charge in [0.05, 0.1) is 5.69 Å². The van der Waals surface area contributed by atoms with E-state index in [1.54, 1.807) is 11.3 Å². The number of nitrogens with one attached hydrogen (secondary N) is 1. The Bertz CT molecular complexity index is 562. The predicted octanol–water partition coefficient (Wildman–Crippen LogP) is 3.87. The summed E-state index contributed by atoms with van der Waals surface area (Å²) in [5.74, 6) is 0. The topological polar surface area (TPSA) is 37.8 Å². The summed E-state index contributed by atoms with van der Waals surface area (Å²) in [4.78, 5) is 11.1. The molecule has 0 aliphatic heterocycles. The fraction of sp³-hybridized carbons (Fsp3) is 0.600. The van der Waals surface area contributed by atoms with E-state index in [0.29, 0.717) is 6.04 Å². The number of nitrogens with zero attached hydrogens (tertiary/aromatic N) is 2. The molecule has 0 bridgehead atoms. The lowest BCUT2D eigenvalue weighted by Gasteiger charge is -2.17. The Morgan fingerprint density at radius 2 is 1.95 bits per heavy atom. The summed E-state index contributed by atoms with van der Waals surface area (Å²) in [6.07, 6.45) is 4.96. The van der Waals surface area contributed by atoms with Crippen LogP contribution in [0.2, 0.25) is 0 Å². The summed E-state index contributed by atoms with van der Waals surface area (Å²) < 4.78 is 0. The molecule has 0 spiro atoms. The first-order valence-corrected chi connectivity index (χ1v) is 8.99. The van der Waals surface area contributed by atoms with Gasteiger partial charge in [-0.1, -0.05) is 0 Å². The van der Waals surface area contributed by atoms with Gasteiger partial charge in [-0.3, -0.25) is 0 Å². The predicted molar refractivity (Wildman–Crippen MR) is 85.7 cm³/mol. The van der Waals surface area contributed by atoms with Crippen LogP contribution in [0.4, 0.5) is 0 Å². The average molecular weight is 307 g/mol. The third-order valence-electron chi connectivity index (χ3n) is 3.49. The zero-order valence-electron chi connectivity index (χ0n) is 12.3. The van der Waals surface area contributed by atoms with Crippen LogP contribution in [0.15, 0.2) is 5.38 Å². The van der Waals surface area contributed by atoms with Crippen molar-refractivity contribution in [3.63, 3.8) is 0 Å². The van der Waals surface area contributed by atoms with Gasteiger partial charge >= 0.3 is 0 Å². The molecule has 1 unspecified atom stereocenters. The Balaban J connectivity index is 1.94. The van der Waals surface area contributed by atoms with Crippen molar-refractivity contribution < 1.29 is 0 Å². The Morgan fingerprint density at radius 1 is 1.15 bits per heavy atom. The normalized spacial score (nSPS) is 16.4. The molecule has 0 saturated heterocycles. The molecular formula is C15H21N3S2.